The summed E-state index contributed by atoms with van der Waals surface area (Å²) in [6.45, 7) is 1.48. The molecule has 0 aliphatic carbocycles. The van der Waals surface area contributed by atoms with Gasteiger partial charge >= 0.3 is 6.72 Å². The Bertz CT molecular complexity index is 469. The standard InChI is InChI=1S/C13H21N2O2PS2/c1-11(2)10-20-18(14,16)17-13(19)15-9-8-12-6-4-3-5-7-12/h3-7,11H,8-10H2,1-2H3,(H2,14,16)(H,15,19). The summed E-state index contributed by atoms with van der Waals surface area (Å²) < 4.78 is 17.1. The van der Waals surface area contributed by atoms with Crippen LogP contribution in [0.15, 0.2) is 30.3 Å². The molecule has 0 spiro atoms. The van der Waals surface area contributed by atoms with Crippen molar-refractivity contribution in [2.75, 3.05) is 12.3 Å². The van der Waals surface area contributed by atoms with Gasteiger partial charge in [0.2, 0.25) is 0 Å². The first-order chi connectivity index (χ1) is 9.39. The largest absolute Gasteiger partial charge is 0.399 e. The Balaban J connectivity index is 2.27. The van der Waals surface area contributed by atoms with E-state index >= 15 is 0 Å². The first kappa shape index (κ1) is 17.5. The van der Waals surface area contributed by atoms with Gasteiger partial charge in [-0.15, -0.1) is 0 Å². The summed E-state index contributed by atoms with van der Waals surface area (Å²) in [5, 5.41) is 3.02. The minimum absolute atomic E-state index is 0.100. The second kappa shape index (κ2) is 8.67. The third kappa shape index (κ3) is 7.90. The van der Waals surface area contributed by atoms with Crippen molar-refractivity contribution in [1.82, 2.24) is 5.32 Å². The van der Waals surface area contributed by atoms with Crippen LogP contribution in [-0.2, 0) is 15.5 Å². The summed E-state index contributed by atoms with van der Waals surface area (Å²) in [5.74, 6) is 1.08. The monoisotopic (exact) mass is 332 g/mol. The van der Waals surface area contributed by atoms with Gasteiger partial charge in [0.25, 0.3) is 5.17 Å². The van der Waals surface area contributed by atoms with Gasteiger partial charge in [0, 0.05) is 12.3 Å². The lowest BCUT2D eigenvalue weighted by Gasteiger charge is -2.16. The maximum Gasteiger partial charge on any atom is 0.373 e. The van der Waals surface area contributed by atoms with Crippen molar-refractivity contribution in [2.45, 2.75) is 20.3 Å². The van der Waals surface area contributed by atoms with E-state index in [2.05, 4.69) is 5.32 Å². The van der Waals surface area contributed by atoms with Gasteiger partial charge in [0.1, 0.15) is 0 Å². The van der Waals surface area contributed by atoms with E-state index in [0.717, 1.165) is 17.8 Å². The van der Waals surface area contributed by atoms with Crippen molar-refractivity contribution in [2.24, 2.45) is 11.4 Å². The van der Waals surface area contributed by atoms with Crippen LogP contribution in [0.4, 0.5) is 0 Å². The summed E-state index contributed by atoms with van der Waals surface area (Å²) in [6, 6.07) is 10.0. The average molecular weight is 332 g/mol. The van der Waals surface area contributed by atoms with E-state index in [1.165, 1.54) is 5.56 Å². The summed E-state index contributed by atoms with van der Waals surface area (Å²) in [5.41, 5.74) is 6.82. The number of rotatable bonds is 7. The zero-order valence-corrected chi connectivity index (χ0v) is 14.3. The van der Waals surface area contributed by atoms with Crippen LogP contribution < -0.4 is 10.8 Å². The van der Waals surface area contributed by atoms with E-state index in [4.69, 9.17) is 22.2 Å². The molecule has 1 aromatic rings. The summed E-state index contributed by atoms with van der Waals surface area (Å²) in [7, 11) is 0. The smallest absolute Gasteiger partial charge is 0.373 e. The minimum Gasteiger partial charge on any atom is -0.399 e. The predicted octanol–water partition coefficient (Wildman–Crippen LogP) is 3.58. The number of nitrogens with one attached hydrogen (secondary N) is 1. The molecule has 1 atom stereocenters. The average Bonchev–Trinajstić information content (AvgIpc) is 2.37. The van der Waals surface area contributed by atoms with Crippen molar-refractivity contribution in [3.05, 3.63) is 35.9 Å². The molecule has 0 saturated carbocycles. The molecule has 4 nitrogen and oxygen atoms in total. The highest BCUT2D eigenvalue weighted by Gasteiger charge is 2.21. The molecule has 0 aliphatic heterocycles. The lowest BCUT2D eigenvalue weighted by molar-refractivity contribution is 0.489. The summed E-state index contributed by atoms with van der Waals surface area (Å²) in [6.07, 6.45) is 0.818. The summed E-state index contributed by atoms with van der Waals surface area (Å²) in [4.78, 5) is 0. The molecule has 1 rings (SSSR count). The number of hydrogen-bond acceptors (Lipinski definition) is 4. The number of thiocarbonyl (C=S) groups is 1. The fraction of sp³-hybridized carbons (Fsp3) is 0.462. The molecular weight excluding hydrogens is 311 g/mol. The molecule has 0 saturated heterocycles. The lowest BCUT2D eigenvalue weighted by atomic mass is 10.2. The third-order valence-electron chi connectivity index (χ3n) is 2.32. The minimum atomic E-state index is -3.20. The normalized spacial score (nSPS) is 13.8. The van der Waals surface area contributed by atoms with E-state index in [9.17, 15) is 4.57 Å². The second-order valence-electron chi connectivity index (χ2n) is 4.77. The van der Waals surface area contributed by atoms with E-state index in [-0.39, 0.29) is 5.17 Å². The van der Waals surface area contributed by atoms with E-state index < -0.39 is 6.72 Å². The predicted molar refractivity (Wildman–Crippen MR) is 90.9 cm³/mol. The van der Waals surface area contributed by atoms with Gasteiger partial charge in [0.05, 0.1) is 0 Å². The van der Waals surface area contributed by atoms with E-state index in [1.54, 1.807) is 0 Å². The Morgan fingerprint density at radius 2 is 2.10 bits per heavy atom. The quantitative estimate of drug-likeness (QED) is 0.588. The van der Waals surface area contributed by atoms with Gasteiger partial charge < -0.3 is 9.84 Å². The van der Waals surface area contributed by atoms with Gasteiger partial charge in [-0.2, -0.15) is 0 Å². The van der Waals surface area contributed by atoms with Crippen LogP contribution in [0.1, 0.15) is 19.4 Å². The topological polar surface area (TPSA) is 64.4 Å². The number of benzene rings is 1. The molecule has 7 heteroatoms. The molecule has 1 unspecified atom stereocenters. The van der Waals surface area contributed by atoms with Crippen LogP contribution in [0.25, 0.3) is 0 Å². The molecule has 0 bridgehead atoms. The highest BCUT2D eigenvalue weighted by molar-refractivity contribution is 8.56. The molecular formula is C13H21N2O2PS2. The zero-order chi connectivity index (χ0) is 15.0. The Morgan fingerprint density at radius 3 is 2.70 bits per heavy atom. The van der Waals surface area contributed by atoms with Gasteiger partial charge in [-0.05, 0) is 41.5 Å². The van der Waals surface area contributed by atoms with E-state index in [1.807, 2.05) is 44.2 Å². The first-order valence-electron chi connectivity index (χ1n) is 6.43. The van der Waals surface area contributed by atoms with Crippen molar-refractivity contribution < 1.29 is 9.09 Å². The fourth-order valence-electron chi connectivity index (χ4n) is 1.38. The SMILES string of the molecule is CC(C)CSP(N)(=O)OC(=S)NCCc1ccccc1. The van der Waals surface area contributed by atoms with Crippen LogP contribution in [-0.4, -0.2) is 17.5 Å². The molecule has 0 fully saturated rings. The lowest BCUT2D eigenvalue weighted by Crippen LogP contribution is -2.26. The highest BCUT2D eigenvalue weighted by Crippen LogP contribution is 2.52. The molecule has 3 N–H and O–H groups in total. The third-order valence-corrected chi connectivity index (χ3v) is 6.04. The molecule has 0 heterocycles. The Hall–Kier alpha value is -0.550. The van der Waals surface area contributed by atoms with Crippen LogP contribution in [0.5, 0.6) is 0 Å². The van der Waals surface area contributed by atoms with Gasteiger partial charge in [-0.1, -0.05) is 44.2 Å². The van der Waals surface area contributed by atoms with Crippen molar-refractivity contribution in [3.8, 4) is 0 Å². The molecule has 1 aromatic carbocycles. The Labute approximate surface area is 130 Å². The van der Waals surface area contributed by atoms with Crippen LogP contribution in [0.2, 0.25) is 0 Å². The zero-order valence-electron chi connectivity index (χ0n) is 11.7. The maximum atomic E-state index is 12.0. The molecule has 112 valence electrons. The molecule has 20 heavy (non-hydrogen) atoms. The molecule has 0 aliphatic rings. The van der Waals surface area contributed by atoms with Crippen LogP contribution in [0.3, 0.4) is 0 Å². The van der Waals surface area contributed by atoms with Gasteiger partial charge in [0.15, 0.2) is 0 Å². The Kier molecular flexibility index (Phi) is 7.59. The Morgan fingerprint density at radius 1 is 1.45 bits per heavy atom. The maximum absolute atomic E-state index is 12.0. The van der Waals surface area contributed by atoms with Crippen molar-refractivity contribution >= 4 is 35.5 Å². The molecule has 0 amide bonds. The highest BCUT2D eigenvalue weighted by atomic mass is 32.7. The van der Waals surface area contributed by atoms with Crippen molar-refractivity contribution in [1.29, 1.82) is 0 Å². The molecule has 0 aromatic heterocycles. The number of hydrogen-bond donors (Lipinski definition) is 2. The van der Waals surface area contributed by atoms with Crippen LogP contribution in [0, 0.1) is 5.92 Å². The number of nitrogens with two attached hydrogens (primary N) is 1. The summed E-state index contributed by atoms with van der Waals surface area (Å²) >= 11 is 6.13. The van der Waals surface area contributed by atoms with Crippen molar-refractivity contribution in [3.63, 3.8) is 0 Å². The second-order valence-corrected chi connectivity index (χ2v) is 9.30. The van der Waals surface area contributed by atoms with Gasteiger partial charge in [-0.25, -0.2) is 10.1 Å². The fourth-order valence-corrected chi connectivity index (χ4v) is 4.71. The first-order valence-corrected chi connectivity index (χ1v) is 10.1. The van der Waals surface area contributed by atoms with Gasteiger partial charge in [-0.3, -0.25) is 0 Å². The van der Waals surface area contributed by atoms with Crippen LogP contribution >= 0.6 is 30.3 Å². The van der Waals surface area contributed by atoms with E-state index in [0.29, 0.717) is 18.2 Å². The molecule has 0 radical (unpaired) electrons.